The monoisotopic (exact) mass is 154 g/mol. The van der Waals surface area contributed by atoms with E-state index in [9.17, 15) is 4.79 Å². The minimum Gasteiger partial charge on any atom is -0.351 e. The van der Waals surface area contributed by atoms with Crippen molar-refractivity contribution in [1.82, 2.24) is 5.32 Å². The summed E-state index contributed by atoms with van der Waals surface area (Å²) in [5.74, 6) is -0.149. The second-order valence-electron chi connectivity index (χ2n) is 2.02. The first-order valence-electron chi connectivity index (χ1n) is 3.71. The lowest BCUT2D eigenvalue weighted by atomic mass is 10.3. The van der Waals surface area contributed by atoms with E-state index in [0.29, 0.717) is 12.2 Å². The second-order valence-corrected chi connectivity index (χ2v) is 2.02. The van der Waals surface area contributed by atoms with Crippen LogP contribution < -0.4 is 5.32 Å². The molecule has 3 heteroatoms. The number of rotatable bonds is 4. The van der Waals surface area contributed by atoms with Crippen LogP contribution in [0.4, 0.5) is 0 Å². The van der Waals surface area contributed by atoms with Crippen LogP contribution in [0.2, 0.25) is 0 Å². The number of allylic oxidation sites excluding steroid dienone is 1. The van der Waals surface area contributed by atoms with Crippen LogP contribution in [-0.4, -0.2) is 19.2 Å². The first kappa shape index (κ1) is 9.88. The average Bonchev–Trinajstić information content (AvgIpc) is 2.00. The van der Waals surface area contributed by atoms with Gasteiger partial charge in [0.05, 0.1) is 0 Å². The first-order chi connectivity index (χ1) is 5.26. The molecule has 0 rings (SSSR count). The number of carbonyl (C=O) groups is 1. The molecule has 0 fully saturated rings. The van der Waals surface area contributed by atoms with E-state index in [4.69, 9.17) is 0 Å². The van der Waals surface area contributed by atoms with Crippen molar-refractivity contribution in [2.75, 3.05) is 6.54 Å². The number of carbonyl (C=O) groups excluding carboxylic acids is 1. The molecule has 1 amide bonds. The van der Waals surface area contributed by atoms with Gasteiger partial charge in [-0.1, -0.05) is 13.0 Å². The van der Waals surface area contributed by atoms with Crippen molar-refractivity contribution in [3.8, 4) is 0 Å². The van der Waals surface area contributed by atoms with Crippen LogP contribution in [0.1, 0.15) is 20.3 Å². The topological polar surface area (TPSA) is 41.5 Å². The number of nitrogens with one attached hydrogen (secondary N) is 1. The van der Waals surface area contributed by atoms with Gasteiger partial charge in [0.15, 0.2) is 0 Å². The van der Waals surface area contributed by atoms with Crippen LogP contribution in [0.5, 0.6) is 0 Å². The maximum atomic E-state index is 11.1. The Labute approximate surface area is 67.2 Å². The summed E-state index contributed by atoms with van der Waals surface area (Å²) in [6, 6.07) is 0. The SMILES string of the molecule is C=N/C(=C\CC)C(=O)NCC. The zero-order chi connectivity index (χ0) is 8.69. The van der Waals surface area contributed by atoms with Gasteiger partial charge in [0.25, 0.3) is 5.91 Å². The molecule has 0 saturated heterocycles. The summed E-state index contributed by atoms with van der Waals surface area (Å²) in [6.07, 6.45) is 2.55. The molecule has 62 valence electrons. The van der Waals surface area contributed by atoms with Gasteiger partial charge in [0.2, 0.25) is 0 Å². The number of amides is 1. The van der Waals surface area contributed by atoms with E-state index < -0.39 is 0 Å². The number of hydrogen-bond acceptors (Lipinski definition) is 2. The second kappa shape index (κ2) is 5.65. The van der Waals surface area contributed by atoms with Crippen LogP contribution in [0.15, 0.2) is 16.8 Å². The van der Waals surface area contributed by atoms with Gasteiger partial charge in [-0.15, -0.1) is 0 Å². The summed E-state index contributed by atoms with van der Waals surface area (Å²) in [5.41, 5.74) is 0.411. The molecule has 0 aliphatic carbocycles. The molecule has 0 aliphatic rings. The molecule has 0 unspecified atom stereocenters. The summed E-state index contributed by atoms with van der Waals surface area (Å²) < 4.78 is 0. The van der Waals surface area contributed by atoms with Gasteiger partial charge in [-0.2, -0.15) is 0 Å². The average molecular weight is 154 g/mol. The van der Waals surface area contributed by atoms with Crippen molar-refractivity contribution in [1.29, 1.82) is 0 Å². The lowest BCUT2D eigenvalue weighted by molar-refractivity contribution is -0.117. The lowest BCUT2D eigenvalue weighted by Crippen LogP contribution is -2.23. The Morgan fingerprint density at radius 3 is 2.64 bits per heavy atom. The third kappa shape index (κ3) is 3.55. The highest BCUT2D eigenvalue weighted by atomic mass is 16.1. The molecular weight excluding hydrogens is 140 g/mol. The minimum absolute atomic E-state index is 0.149. The molecule has 0 aliphatic heterocycles. The predicted molar refractivity (Wildman–Crippen MR) is 46.6 cm³/mol. The van der Waals surface area contributed by atoms with Crippen molar-refractivity contribution in [3.05, 3.63) is 11.8 Å². The van der Waals surface area contributed by atoms with Crippen molar-refractivity contribution in [2.45, 2.75) is 20.3 Å². The number of hydrogen-bond donors (Lipinski definition) is 1. The van der Waals surface area contributed by atoms with Crippen LogP contribution in [0.3, 0.4) is 0 Å². The third-order valence-corrected chi connectivity index (χ3v) is 1.14. The van der Waals surface area contributed by atoms with Gasteiger partial charge in [0, 0.05) is 6.54 Å². The van der Waals surface area contributed by atoms with Gasteiger partial charge in [-0.25, -0.2) is 0 Å². The molecule has 3 nitrogen and oxygen atoms in total. The highest BCUT2D eigenvalue weighted by molar-refractivity contribution is 5.93. The Balaban J connectivity index is 4.14. The molecule has 11 heavy (non-hydrogen) atoms. The quantitative estimate of drug-likeness (QED) is 0.478. The van der Waals surface area contributed by atoms with Crippen molar-refractivity contribution in [3.63, 3.8) is 0 Å². The minimum atomic E-state index is -0.149. The third-order valence-electron chi connectivity index (χ3n) is 1.14. The molecule has 0 bridgehead atoms. The summed E-state index contributed by atoms with van der Waals surface area (Å²) in [6.45, 7) is 7.74. The van der Waals surface area contributed by atoms with Crippen LogP contribution in [0.25, 0.3) is 0 Å². The van der Waals surface area contributed by atoms with Crippen LogP contribution in [-0.2, 0) is 4.79 Å². The Bertz CT molecular complexity index is 173. The number of nitrogens with zero attached hydrogens (tertiary/aromatic N) is 1. The van der Waals surface area contributed by atoms with E-state index in [1.165, 1.54) is 0 Å². The maximum Gasteiger partial charge on any atom is 0.269 e. The molecule has 0 spiro atoms. The van der Waals surface area contributed by atoms with Gasteiger partial charge in [-0.05, 0) is 20.1 Å². The molecule has 1 N–H and O–H groups in total. The predicted octanol–water partition coefficient (Wildman–Crippen LogP) is 1.12. The summed E-state index contributed by atoms with van der Waals surface area (Å²) in [7, 11) is 0. The van der Waals surface area contributed by atoms with Gasteiger partial charge < -0.3 is 5.32 Å². The highest BCUT2D eigenvalue weighted by Gasteiger charge is 2.02. The fourth-order valence-corrected chi connectivity index (χ4v) is 0.674. The van der Waals surface area contributed by atoms with Crippen LogP contribution >= 0.6 is 0 Å². The summed E-state index contributed by atoms with van der Waals surface area (Å²) >= 11 is 0. The molecule has 0 saturated carbocycles. The lowest BCUT2D eigenvalue weighted by Gasteiger charge is -2.00. The van der Waals surface area contributed by atoms with Crippen LogP contribution in [0, 0.1) is 0 Å². The molecule has 0 aromatic carbocycles. The maximum absolute atomic E-state index is 11.1. The van der Waals surface area contributed by atoms with Crippen molar-refractivity contribution >= 4 is 12.6 Å². The van der Waals surface area contributed by atoms with E-state index in [-0.39, 0.29) is 5.91 Å². The molecule has 0 aromatic rings. The smallest absolute Gasteiger partial charge is 0.269 e. The van der Waals surface area contributed by atoms with Gasteiger partial charge >= 0.3 is 0 Å². The Hall–Kier alpha value is -1.12. The standard InChI is InChI=1S/C8H14N2O/c1-4-6-7(9-3)8(11)10-5-2/h6H,3-5H2,1-2H3,(H,10,11)/b7-6-. The summed E-state index contributed by atoms with van der Waals surface area (Å²) in [4.78, 5) is 14.6. The number of likely N-dealkylation sites (N-methyl/N-ethyl adjacent to an activating group) is 1. The molecule has 0 heterocycles. The van der Waals surface area contributed by atoms with Gasteiger partial charge in [0.1, 0.15) is 5.70 Å². The van der Waals surface area contributed by atoms with Crippen molar-refractivity contribution < 1.29 is 4.79 Å². The van der Waals surface area contributed by atoms with E-state index in [2.05, 4.69) is 17.0 Å². The normalized spacial score (nSPS) is 10.9. The molecular formula is C8H14N2O. The fourth-order valence-electron chi connectivity index (χ4n) is 0.674. The Kier molecular flexibility index (Phi) is 5.07. The molecule has 0 aromatic heterocycles. The van der Waals surface area contributed by atoms with E-state index in [1.54, 1.807) is 6.08 Å². The molecule has 0 radical (unpaired) electrons. The van der Waals surface area contributed by atoms with E-state index in [1.807, 2.05) is 13.8 Å². The zero-order valence-corrected chi connectivity index (χ0v) is 7.05. The fraction of sp³-hybridized carbons (Fsp3) is 0.500. The number of aliphatic imine (C=N–C) groups is 1. The Morgan fingerprint density at radius 1 is 1.64 bits per heavy atom. The largest absolute Gasteiger partial charge is 0.351 e. The van der Waals surface area contributed by atoms with Crippen molar-refractivity contribution in [2.24, 2.45) is 4.99 Å². The highest BCUT2D eigenvalue weighted by Crippen LogP contribution is 1.96. The first-order valence-corrected chi connectivity index (χ1v) is 3.71. The summed E-state index contributed by atoms with van der Waals surface area (Å²) in [5, 5.41) is 2.64. The Morgan fingerprint density at radius 2 is 2.27 bits per heavy atom. The van der Waals surface area contributed by atoms with Gasteiger partial charge in [-0.3, -0.25) is 9.79 Å². The van der Waals surface area contributed by atoms with E-state index in [0.717, 1.165) is 6.42 Å². The zero-order valence-electron chi connectivity index (χ0n) is 7.05. The molecule has 0 atom stereocenters. The van der Waals surface area contributed by atoms with E-state index >= 15 is 0 Å².